The van der Waals surface area contributed by atoms with E-state index in [1.54, 1.807) is 18.2 Å². The van der Waals surface area contributed by atoms with Gasteiger partial charge in [0.25, 0.3) is 11.8 Å². The fraction of sp³-hybridized carbons (Fsp3) is 0.579. The number of hydrogen-bond acceptors (Lipinski definition) is 5. The normalized spacial score (nSPS) is 13.3. The number of amides is 2. The second kappa shape index (κ2) is 9.43. The molecule has 0 aliphatic rings. The Bertz CT molecular complexity index is 631. The number of carbonyl (C=O) groups excluding carboxylic acids is 2. The minimum absolute atomic E-state index is 0.0388. The van der Waals surface area contributed by atoms with Crippen molar-refractivity contribution >= 4 is 11.8 Å². The molecular weight excluding hydrogens is 334 g/mol. The summed E-state index contributed by atoms with van der Waals surface area (Å²) < 4.78 is 10.8. The molecule has 0 aliphatic heterocycles. The molecule has 7 heteroatoms. The number of methoxy groups -OCH3 is 1. The van der Waals surface area contributed by atoms with Crippen LogP contribution in [-0.4, -0.2) is 43.7 Å². The summed E-state index contributed by atoms with van der Waals surface area (Å²) in [6.07, 6.45) is 0. The van der Waals surface area contributed by atoms with E-state index in [1.165, 1.54) is 7.11 Å². The van der Waals surface area contributed by atoms with Crippen molar-refractivity contribution in [3.8, 4) is 11.5 Å². The Morgan fingerprint density at radius 2 is 1.85 bits per heavy atom. The predicted octanol–water partition coefficient (Wildman–Crippen LogP) is 1.70. The van der Waals surface area contributed by atoms with Crippen molar-refractivity contribution in [3.63, 3.8) is 0 Å². The molecule has 1 atom stereocenters. The Morgan fingerprint density at radius 3 is 2.35 bits per heavy atom. The van der Waals surface area contributed by atoms with E-state index in [2.05, 4.69) is 10.6 Å². The molecular formula is C19H31N3O4. The lowest BCUT2D eigenvalue weighted by Crippen LogP contribution is -2.55. The van der Waals surface area contributed by atoms with E-state index < -0.39 is 5.54 Å². The van der Waals surface area contributed by atoms with Crippen LogP contribution in [0.2, 0.25) is 0 Å². The van der Waals surface area contributed by atoms with E-state index in [9.17, 15) is 9.59 Å². The van der Waals surface area contributed by atoms with E-state index in [-0.39, 0.29) is 30.4 Å². The zero-order valence-corrected chi connectivity index (χ0v) is 16.5. The molecule has 0 fully saturated rings. The Hall–Kier alpha value is -2.28. The summed E-state index contributed by atoms with van der Waals surface area (Å²) >= 11 is 0. The molecule has 1 rings (SSSR count). The van der Waals surface area contributed by atoms with E-state index >= 15 is 0 Å². The third kappa shape index (κ3) is 5.91. The number of rotatable bonds is 9. The number of hydrogen-bond donors (Lipinski definition) is 3. The molecule has 2 amide bonds. The van der Waals surface area contributed by atoms with Gasteiger partial charge in [0.15, 0.2) is 18.1 Å². The van der Waals surface area contributed by atoms with E-state index in [0.29, 0.717) is 23.6 Å². The van der Waals surface area contributed by atoms with Gasteiger partial charge < -0.3 is 25.8 Å². The van der Waals surface area contributed by atoms with Crippen LogP contribution in [0.4, 0.5) is 0 Å². The summed E-state index contributed by atoms with van der Waals surface area (Å²) in [6, 6.07) is 4.87. The zero-order chi connectivity index (χ0) is 19.9. The summed E-state index contributed by atoms with van der Waals surface area (Å²) in [6.45, 7) is 9.88. The van der Waals surface area contributed by atoms with Crippen LogP contribution in [-0.2, 0) is 4.79 Å². The molecule has 1 aromatic rings. The molecule has 0 saturated carbocycles. The second-order valence-electron chi connectivity index (χ2n) is 7.11. The van der Waals surface area contributed by atoms with Crippen LogP contribution < -0.4 is 25.8 Å². The van der Waals surface area contributed by atoms with Crippen LogP contribution in [0.1, 0.15) is 45.0 Å². The average Bonchev–Trinajstić information content (AvgIpc) is 2.58. The molecule has 0 radical (unpaired) electrons. The van der Waals surface area contributed by atoms with Gasteiger partial charge >= 0.3 is 0 Å². The fourth-order valence-electron chi connectivity index (χ4n) is 2.20. The van der Waals surface area contributed by atoms with Crippen molar-refractivity contribution in [2.24, 2.45) is 11.7 Å². The average molecular weight is 365 g/mol. The van der Waals surface area contributed by atoms with Gasteiger partial charge in [-0.05, 0) is 44.9 Å². The zero-order valence-electron chi connectivity index (χ0n) is 16.5. The highest BCUT2D eigenvalue weighted by Gasteiger charge is 2.29. The monoisotopic (exact) mass is 365 g/mol. The maximum Gasteiger partial charge on any atom is 0.258 e. The minimum atomic E-state index is -0.506. The highest BCUT2D eigenvalue weighted by Crippen LogP contribution is 2.28. The number of ether oxygens (including phenoxy) is 2. The first-order chi connectivity index (χ1) is 12.1. The predicted molar refractivity (Wildman–Crippen MR) is 102 cm³/mol. The molecule has 0 spiro atoms. The smallest absolute Gasteiger partial charge is 0.258 e. The molecule has 1 unspecified atom stereocenters. The second-order valence-corrected chi connectivity index (χ2v) is 7.11. The first-order valence-electron chi connectivity index (χ1n) is 8.75. The molecule has 0 heterocycles. The van der Waals surface area contributed by atoms with Crippen molar-refractivity contribution in [3.05, 3.63) is 23.8 Å². The van der Waals surface area contributed by atoms with Crippen LogP contribution in [0, 0.1) is 5.92 Å². The number of nitrogens with one attached hydrogen (secondary N) is 2. The summed E-state index contributed by atoms with van der Waals surface area (Å²) in [7, 11) is 1.48. The third-order valence-corrected chi connectivity index (χ3v) is 4.33. The van der Waals surface area contributed by atoms with Gasteiger partial charge in [0.2, 0.25) is 0 Å². The Labute approximate surface area is 155 Å². The molecule has 0 saturated heterocycles. The lowest BCUT2D eigenvalue weighted by atomic mass is 9.88. The van der Waals surface area contributed by atoms with E-state index in [1.807, 2.05) is 34.6 Å². The van der Waals surface area contributed by atoms with Gasteiger partial charge in [0.1, 0.15) is 0 Å². The Balaban J connectivity index is 2.88. The van der Waals surface area contributed by atoms with Gasteiger partial charge in [-0.2, -0.15) is 0 Å². The molecule has 0 bridgehead atoms. The van der Waals surface area contributed by atoms with Gasteiger partial charge in [0.05, 0.1) is 12.6 Å². The standard InChI is InChI=1S/C19H31N3O4/c1-12(2)19(5,11-20)22-18(24)14-7-8-15(16(9-14)25-6)26-10-17(23)21-13(3)4/h7-9,12-13H,10-11,20H2,1-6H3,(H,21,23)(H,22,24). The van der Waals surface area contributed by atoms with Crippen LogP contribution in [0.3, 0.4) is 0 Å². The maximum absolute atomic E-state index is 12.6. The first kappa shape index (κ1) is 21.8. The number of nitrogens with two attached hydrogens (primary N) is 1. The van der Waals surface area contributed by atoms with Crippen molar-refractivity contribution in [1.82, 2.24) is 10.6 Å². The van der Waals surface area contributed by atoms with Crippen molar-refractivity contribution in [1.29, 1.82) is 0 Å². The number of carbonyl (C=O) groups is 2. The lowest BCUT2D eigenvalue weighted by Gasteiger charge is -2.33. The molecule has 4 N–H and O–H groups in total. The largest absolute Gasteiger partial charge is 0.493 e. The van der Waals surface area contributed by atoms with Crippen LogP contribution in [0.5, 0.6) is 11.5 Å². The molecule has 0 aromatic heterocycles. The Kier molecular flexibility index (Phi) is 7.89. The molecule has 0 aliphatic carbocycles. The van der Waals surface area contributed by atoms with Crippen molar-refractivity contribution < 1.29 is 19.1 Å². The fourth-order valence-corrected chi connectivity index (χ4v) is 2.20. The quantitative estimate of drug-likeness (QED) is 0.618. The van der Waals surface area contributed by atoms with Gasteiger partial charge in [0, 0.05) is 18.2 Å². The van der Waals surface area contributed by atoms with Gasteiger partial charge in [-0.25, -0.2) is 0 Å². The summed E-state index contributed by atoms with van der Waals surface area (Å²) in [5.41, 5.74) is 5.75. The van der Waals surface area contributed by atoms with Gasteiger partial charge in [-0.3, -0.25) is 9.59 Å². The molecule has 7 nitrogen and oxygen atoms in total. The molecule has 146 valence electrons. The summed E-state index contributed by atoms with van der Waals surface area (Å²) in [5, 5.41) is 5.72. The molecule has 1 aromatic carbocycles. The maximum atomic E-state index is 12.6. The SMILES string of the molecule is COc1cc(C(=O)NC(C)(CN)C(C)C)ccc1OCC(=O)NC(C)C. The van der Waals surface area contributed by atoms with Crippen LogP contribution in [0.25, 0.3) is 0 Å². The highest BCUT2D eigenvalue weighted by molar-refractivity contribution is 5.95. The van der Waals surface area contributed by atoms with E-state index in [0.717, 1.165) is 0 Å². The first-order valence-corrected chi connectivity index (χ1v) is 8.75. The van der Waals surface area contributed by atoms with Gasteiger partial charge in [-0.1, -0.05) is 13.8 Å². The van der Waals surface area contributed by atoms with Crippen LogP contribution >= 0.6 is 0 Å². The lowest BCUT2D eigenvalue weighted by molar-refractivity contribution is -0.123. The minimum Gasteiger partial charge on any atom is -0.493 e. The third-order valence-electron chi connectivity index (χ3n) is 4.33. The molecule has 26 heavy (non-hydrogen) atoms. The summed E-state index contributed by atoms with van der Waals surface area (Å²) in [4.78, 5) is 24.3. The van der Waals surface area contributed by atoms with E-state index in [4.69, 9.17) is 15.2 Å². The van der Waals surface area contributed by atoms with Gasteiger partial charge in [-0.15, -0.1) is 0 Å². The van der Waals surface area contributed by atoms with Crippen molar-refractivity contribution in [2.45, 2.75) is 46.2 Å². The van der Waals surface area contributed by atoms with Crippen molar-refractivity contribution in [2.75, 3.05) is 20.3 Å². The summed E-state index contributed by atoms with van der Waals surface area (Å²) in [5.74, 6) is 0.497. The number of benzene rings is 1. The van der Waals surface area contributed by atoms with Crippen LogP contribution in [0.15, 0.2) is 18.2 Å². The Morgan fingerprint density at radius 1 is 1.19 bits per heavy atom. The topological polar surface area (TPSA) is 103 Å². The highest BCUT2D eigenvalue weighted by atomic mass is 16.5.